The molecule has 0 saturated carbocycles. The maximum Gasteiger partial charge on any atom is 0.411 e. The van der Waals surface area contributed by atoms with Gasteiger partial charge in [-0.15, -0.1) is 0 Å². The van der Waals surface area contributed by atoms with Crippen LogP contribution < -0.4 is 16.2 Å². The van der Waals surface area contributed by atoms with Crippen LogP contribution in [0.3, 0.4) is 0 Å². The van der Waals surface area contributed by atoms with E-state index < -0.39 is 6.10 Å². The van der Waals surface area contributed by atoms with E-state index in [1.165, 1.54) is 57.1 Å². The summed E-state index contributed by atoms with van der Waals surface area (Å²) in [6, 6.07) is 25.2. The van der Waals surface area contributed by atoms with E-state index in [2.05, 4.69) is 20.5 Å². The van der Waals surface area contributed by atoms with E-state index in [9.17, 15) is 19.8 Å². The Morgan fingerprint density at radius 1 is 0.857 bits per heavy atom. The Kier molecular flexibility index (Phi) is 12.0. The molecule has 9 heteroatoms. The number of H-pyrrole nitrogens is 1. The van der Waals surface area contributed by atoms with Gasteiger partial charge in [0.05, 0.1) is 17.3 Å². The number of amides is 1. The van der Waals surface area contributed by atoms with Crippen molar-refractivity contribution in [3.8, 4) is 16.9 Å². The van der Waals surface area contributed by atoms with Crippen LogP contribution in [0.25, 0.3) is 22.0 Å². The van der Waals surface area contributed by atoms with Crippen molar-refractivity contribution in [3.63, 3.8) is 0 Å². The van der Waals surface area contributed by atoms with Gasteiger partial charge in [-0.3, -0.25) is 15.0 Å². The Balaban J connectivity index is 0.819. The van der Waals surface area contributed by atoms with Crippen molar-refractivity contribution in [2.45, 2.75) is 94.9 Å². The van der Waals surface area contributed by atoms with E-state index in [0.717, 1.165) is 55.6 Å². The van der Waals surface area contributed by atoms with E-state index in [1.54, 1.807) is 12.1 Å². The first kappa shape index (κ1) is 34.7. The zero-order valence-electron chi connectivity index (χ0n) is 28.3. The lowest BCUT2D eigenvalue weighted by molar-refractivity contribution is 0.0228. The minimum atomic E-state index is -0.726. The van der Waals surface area contributed by atoms with Gasteiger partial charge in [0.15, 0.2) is 0 Å². The van der Waals surface area contributed by atoms with Crippen LogP contribution >= 0.6 is 0 Å². The summed E-state index contributed by atoms with van der Waals surface area (Å²) in [7, 11) is 0. The number of nitrogens with one attached hydrogen (secondary N) is 3. The Bertz CT molecular complexity index is 1710. The first-order valence-electron chi connectivity index (χ1n) is 18.1. The first-order chi connectivity index (χ1) is 24.0. The van der Waals surface area contributed by atoms with Crippen LogP contribution in [0.1, 0.15) is 82.3 Å². The molecule has 3 atom stereocenters. The number of aliphatic hydroxyl groups excluding tert-OH is 1. The van der Waals surface area contributed by atoms with Crippen molar-refractivity contribution in [2.75, 3.05) is 25.0 Å². The van der Waals surface area contributed by atoms with Gasteiger partial charge in [0.1, 0.15) is 11.9 Å². The van der Waals surface area contributed by atoms with Crippen molar-refractivity contribution in [2.24, 2.45) is 0 Å². The maximum atomic E-state index is 12.9. The number of hydrogen-bond acceptors (Lipinski definition) is 7. The molecule has 2 bridgehead atoms. The average Bonchev–Trinajstić information content (AvgIpc) is 3.34. The summed E-state index contributed by atoms with van der Waals surface area (Å²) in [6.45, 7) is 2.40. The van der Waals surface area contributed by atoms with Gasteiger partial charge in [-0.05, 0) is 68.1 Å². The van der Waals surface area contributed by atoms with Gasteiger partial charge in [-0.2, -0.15) is 0 Å². The van der Waals surface area contributed by atoms with E-state index >= 15 is 0 Å². The Labute approximate surface area is 288 Å². The molecule has 2 saturated heterocycles. The van der Waals surface area contributed by atoms with Gasteiger partial charge in [0.25, 0.3) is 0 Å². The molecule has 3 aromatic carbocycles. The molecule has 9 nitrogen and oxygen atoms in total. The molecular formula is C40H50N4O5. The van der Waals surface area contributed by atoms with Gasteiger partial charge < -0.3 is 25.3 Å². The highest BCUT2D eigenvalue weighted by molar-refractivity contribution is 5.91. The zero-order valence-corrected chi connectivity index (χ0v) is 28.3. The molecule has 0 aliphatic carbocycles. The smallest absolute Gasteiger partial charge is 0.411 e. The lowest BCUT2D eigenvalue weighted by atomic mass is 9.99. The molecule has 4 aromatic rings. The fourth-order valence-corrected chi connectivity index (χ4v) is 7.76. The third-order valence-corrected chi connectivity index (χ3v) is 10.2. The number of aromatic hydroxyl groups is 1. The number of carbonyl (C=O) groups excluding carboxylic acids is 1. The van der Waals surface area contributed by atoms with Crippen LogP contribution in [0.4, 0.5) is 10.5 Å². The van der Waals surface area contributed by atoms with Crippen molar-refractivity contribution < 1.29 is 19.7 Å². The monoisotopic (exact) mass is 666 g/mol. The Morgan fingerprint density at radius 3 is 2.33 bits per heavy atom. The second kappa shape index (κ2) is 17.0. The predicted molar refractivity (Wildman–Crippen MR) is 195 cm³/mol. The van der Waals surface area contributed by atoms with Gasteiger partial charge >= 0.3 is 6.09 Å². The van der Waals surface area contributed by atoms with E-state index in [-0.39, 0.29) is 23.5 Å². The van der Waals surface area contributed by atoms with Crippen LogP contribution in [0.5, 0.6) is 5.75 Å². The zero-order chi connectivity index (χ0) is 34.0. The van der Waals surface area contributed by atoms with Crippen LogP contribution in [-0.2, 0) is 4.74 Å². The van der Waals surface area contributed by atoms with Crippen LogP contribution in [0.2, 0.25) is 0 Å². The summed E-state index contributed by atoms with van der Waals surface area (Å²) in [5.74, 6) is -0.000820. The summed E-state index contributed by atoms with van der Waals surface area (Å²) in [5, 5.41) is 27.8. The number of para-hydroxylation sites is 1. The number of aromatic nitrogens is 1. The third kappa shape index (κ3) is 9.09. The highest BCUT2D eigenvalue weighted by Crippen LogP contribution is 2.37. The second-order valence-corrected chi connectivity index (χ2v) is 13.6. The Hall–Kier alpha value is -4.18. The number of aliphatic hydroxyl groups is 1. The molecule has 0 spiro atoms. The lowest BCUT2D eigenvalue weighted by Crippen LogP contribution is -2.46. The summed E-state index contributed by atoms with van der Waals surface area (Å²) >= 11 is 0. The van der Waals surface area contributed by atoms with Gasteiger partial charge in [0.2, 0.25) is 5.56 Å². The third-order valence-electron chi connectivity index (χ3n) is 10.2. The molecule has 2 aliphatic rings. The number of carbonyl (C=O) groups is 1. The van der Waals surface area contributed by atoms with Crippen LogP contribution in [0.15, 0.2) is 83.7 Å². The van der Waals surface area contributed by atoms with Gasteiger partial charge in [-0.25, -0.2) is 4.79 Å². The number of aromatic amines is 1. The second-order valence-electron chi connectivity index (χ2n) is 13.6. The maximum absolute atomic E-state index is 12.9. The number of phenols is 1. The number of benzene rings is 3. The molecule has 1 aromatic heterocycles. The molecule has 6 rings (SSSR count). The summed E-state index contributed by atoms with van der Waals surface area (Å²) in [4.78, 5) is 29.9. The molecule has 3 heterocycles. The molecule has 1 amide bonds. The summed E-state index contributed by atoms with van der Waals surface area (Å²) in [6.07, 6.45) is 11.5. The molecule has 2 fully saturated rings. The fraction of sp³-hybridized carbons (Fsp3) is 0.450. The number of ether oxygens (including phenoxy) is 1. The van der Waals surface area contributed by atoms with Crippen molar-refractivity contribution in [3.05, 3.63) is 94.8 Å². The number of rotatable bonds is 16. The van der Waals surface area contributed by atoms with Crippen LogP contribution in [0, 0.1) is 0 Å². The fourth-order valence-electron chi connectivity index (χ4n) is 7.76. The predicted octanol–water partition coefficient (Wildman–Crippen LogP) is 7.50. The molecule has 5 N–H and O–H groups in total. The summed E-state index contributed by atoms with van der Waals surface area (Å²) in [5.41, 5.74) is 3.58. The highest BCUT2D eigenvalue weighted by atomic mass is 16.6. The number of piperidine rings is 1. The molecule has 2 aliphatic heterocycles. The summed E-state index contributed by atoms with van der Waals surface area (Å²) < 4.78 is 5.96. The molecule has 0 radical (unpaired) electrons. The minimum absolute atomic E-state index is 0.000820. The van der Waals surface area contributed by atoms with Gasteiger partial charge in [-0.1, -0.05) is 86.7 Å². The van der Waals surface area contributed by atoms with Crippen molar-refractivity contribution in [1.29, 1.82) is 0 Å². The minimum Gasteiger partial charge on any atom is -0.506 e. The average molecular weight is 667 g/mol. The number of nitrogens with zero attached hydrogens (tertiary/aromatic N) is 1. The number of phenolic OH excluding ortho intramolecular Hbond substituents is 1. The number of anilines is 1. The highest BCUT2D eigenvalue weighted by Gasteiger charge is 2.41. The number of pyridine rings is 1. The van der Waals surface area contributed by atoms with E-state index in [0.29, 0.717) is 35.1 Å². The molecule has 260 valence electrons. The number of unbranched alkanes of at least 4 members (excludes halogenated alkanes) is 6. The van der Waals surface area contributed by atoms with E-state index in [1.807, 2.05) is 54.6 Å². The number of fused-ring (bicyclic) bond motifs is 3. The number of hydrogen-bond donors (Lipinski definition) is 5. The topological polar surface area (TPSA) is 127 Å². The van der Waals surface area contributed by atoms with Crippen molar-refractivity contribution >= 4 is 22.7 Å². The van der Waals surface area contributed by atoms with E-state index in [4.69, 9.17) is 4.74 Å². The van der Waals surface area contributed by atoms with Crippen molar-refractivity contribution in [1.82, 2.24) is 15.2 Å². The largest absolute Gasteiger partial charge is 0.506 e. The Morgan fingerprint density at radius 2 is 1.55 bits per heavy atom. The quantitative estimate of drug-likeness (QED) is 0.0784. The first-order valence-corrected chi connectivity index (χ1v) is 18.1. The normalized spacial score (nSPS) is 19.6. The SMILES string of the molecule is O=C(Nc1ccccc1-c1ccccc1)OC1CC2CCC(C1)N2CCCCCCCCCNC[C@@H](O)c1ccc(O)c2[nH]c(=O)ccc12. The lowest BCUT2D eigenvalue weighted by Gasteiger charge is -2.38. The van der Waals surface area contributed by atoms with Gasteiger partial charge in [0, 0.05) is 48.5 Å². The standard InChI is InChI=1S/C40H50N4O5/c45-36-21-19-33(34-20-22-38(47)43-39(34)36)37(46)27-41-23-11-4-2-1-3-5-12-24-44-29-17-18-30(44)26-31(25-29)49-40(48)42-35-16-10-9-15-32(35)28-13-7-6-8-14-28/h6-10,13-16,19-22,29-31,37,41,45-46H,1-5,11-12,17-18,23-27H2,(H,42,48)(H,43,47)/t29?,30?,31?,37-/m1/s1. The molecule has 49 heavy (non-hydrogen) atoms. The molecule has 2 unspecified atom stereocenters. The molecular weight excluding hydrogens is 616 g/mol. The van der Waals surface area contributed by atoms with Crippen LogP contribution in [-0.4, -0.2) is 64.0 Å².